The fourth-order valence-corrected chi connectivity index (χ4v) is 2.90. The van der Waals surface area contributed by atoms with Crippen LogP contribution in [0.15, 0.2) is 54.7 Å². The molecule has 0 bridgehead atoms. The summed E-state index contributed by atoms with van der Waals surface area (Å²) in [7, 11) is 1.68. The van der Waals surface area contributed by atoms with Crippen molar-refractivity contribution in [3.05, 3.63) is 71.4 Å². The van der Waals surface area contributed by atoms with Gasteiger partial charge in [-0.25, -0.2) is 5.48 Å². The van der Waals surface area contributed by atoms with Gasteiger partial charge in [0.25, 0.3) is 5.91 Å². The zero-order valence-corrected chi connectivity index (χ0v) is 17.9. The smallest absolute Gasteiger partial charge is 0.267 e. The zero-order chi connectivity index (χ0) is 21.8. The van der Waals surface area contributed by atoms with Crippen molar-refractivity contribution < 1.29 is 14.7 Å². The van der Waals surface area contributed by atoms with E-state index in [0.717, 1.165) is 36.3 Å². The van der Waals surface area contributed by atoms with Gasteiger partial charge >= 0.3 is 0 Å². The molecular formula is C24H31N3O3. The lowest BCUT2D eigenvalue weighted by Gasteiger charge is -2.06. The predicted molar refractivity (Wildman–Crippen MR) is 122 cm³/mol. The Labute approximate surface area is 177 Å². The number of aromatic nitrogens is 1. The van der Waals surface area contributed by atoms with Crippen molar-refractivity contribution in [1.82, 2.24) is 15.8 Å². The molecule has 0 fully saturated rings. The molecule has 3 rings (SSSR count). The van der Waals surface area contributed by atoms with Crippen molar-refractivity contribution in [3.63, 3.8) is 0 Å². The maximum atomic E-state index is 11.0. The predicted octanol–water partition coefficient (Wildman–Crippen LogP) is 4.44. The molecule has 3 aromatic rings. The van der Waals surface area contributed by atoms with Crippen LogP contribution in [0.25, 0.3) is 17.0 Å². The average molecular weight is 410 g/mol. The molecule has 1 heterocycles. The maximum Gasteiger partial charge on any atom is 0.267 e. The number of amides is 1. The summed E-state index contributed by atoms with van der Waals surface area (Å²) < 4.78 is 5.31. The number of rotatable bonds is 8. The van der Waals surface area contributed by atoms with Crippen molar-refractivity contribution in [3.8, 4) is 5.75 Å². The average Bonchev–Trinajstić information content (AvgIpc) is 3.18. The Morgan fingerprint density at radius 3 is 2.57 bits per heavy atom. The summed E-state index contributed by atoms with van der Waals surface area (Å²) in [6.07, 6.45) is 7.15. The number of methoxy groups -OCH3 is 1. The first-order chi connectivity index (χ1) is 14.6. The van der Waals surface area contributed by atoms with E-state index in [2.05, 4.69) is 36.4 Å². The first-order valence-corrected chi connectivity index (χ1v) is 10.2. The Bertz CT molecular complexity index is 946. The van der Waals surface area contributed by atoms with Crippen molar-refractivity contribution in [2.45, 2.75) is 33.2 Å². The minimum Gasteiger partial charge on any atom is -0.497 e. The summed E-state index contributed by atoms with van der Waals surface area (Å²) in [6, 6.07) is 13.9. The number of carbonyl (C=O) groups excluding carboxylic acids is 1. The number of hydrogen-bond donors (Lipinski definition) is 4. The summed E-state index contributed by atoms with van der Waals surface area (Å²) in [5.74, 6) is 0.317. The van der Waals surface area contributed by atoms with E-state index < -0.39 is 5.91 Å². The Morgan fingerprint density at radius 1 is 1.17 bits per heavy atom. The van der Waals surface area contributed by atoms with Crippen LogP contribution in [-0.2, 0) is 17.8 Å². The van der Waals surface area contributed by atoms with Crippen molar-refractivity contribution in [2.24, 2.45) is 0 Å². The number of ether oxygens (including phenoxy) is 1. The third-order valence-electron chi connectivity index (χ3n) is 4.39. The van der Waals surface area contributed by atoms with Crippen molar-refractivity contribution in [1.29, 1.82) is 0 Å². The molecule has 0 saturated heterocycles. The molecule has 2 aromatic carbocycles. The SMILES string of the molecule is CCC.COc1ccc2[nH]cc(CCNCc3ccc(/C=C/C(=O)NO)cc3)c2c1. The van der Waals surface area contributed by atoms with Gasteiger partial charge in [-0.15, -0.1) is 0 Å². The van der Waals surface area contributed by atoms with Gasteiger partial charge in [0.05, 0.1) is 7.11 Å². The molecule has 160 valence electrons. The lowest BCUT2D eigenvalue weighted by molar-refractivity contribution is -0.124. The second-order valence-corrected chi connectivity index (χ2v) is 6.91. The molecule has 0 saturated carbocycles. The van der Waals surface area contributed by atoms with Crippen LogP contribution < -0.4 is 15.5 Å². The Kier molecular flexibility index (Phi) is 9.64. The second kappa shape index (κ2) is 12.5. The maximum absolute atomic E-state index is 11.0. The van der Waals surface area contributed by atoms with Gasteiger partial charge in [-0.1, -0.05) is 44.5 Å². The second-order valence-electron chi connectivity index (χ2n) is 6.91. The highest BCUT2D eigenvalue weighted by Gasteiger charge is 2.05. The largest absolute Gasteiger partial charge is 0.497 e. The molecule has 0 atom stereocenters. The van der Waals surface area contributed by atoms with Crippen LogP contribution in [0.3, 0.4) is 0 Å². The normalized spacial score (nSPS) is 10.7. The molecule has 6 nitrogen and oxygen atoms in total. The summed E-state index contributed by atoms with van der Waals surface area (Å²) in [4.78, 5) is 14.3. The minimum atomic E-state index is -0.546. The van der Waals surface area contributed by atoms with Gasteiger partial charge in [-0.05, 0) is 53.9 Å². The topological polar surface area (TPSA) is 86.4 Å². The van der Waals surface area contributed by atoms with Gasteiger partial charge in [0.2, 0.25) is 0 Å². The molecule has 4 N–H and O–H groups in total. The van der Waals surface area contributed by atoms with Gasteiger partial charge in [-0.2, -0.15) is 0 Å². The van der Waals surface area contributed by atoms with E-state index in [1.165, 1.54) is 29.0 Å². The lowest BCUT2D eigenvalue weighted by atomic mass is 10.1. The fourth-order valence-electron chi connectivity index (χ4n) is 2.90. The van der Waals surface area contributed by atoms with E-state index in [4.69, 9.17) is 9.94 Å². The minimum absolute atomic E-state index is 0.546. The molecule has 0 spiro atoms. The van der Waals surface area contributed by atoms with Crippen molar-refractivity contribution in [2.75, 3.05) is 13.7 Å². The Morgan fingerprint density at radius 2 is 1.90 bits per heavy atom. The Balaban J connectivity index is 0.00000101. The highest BCUT2D eigenvalue weighted by molar-refractivity contribution is 5.90. The third-order valence-corrected chi connectivity index (χ3v) is 4.39. The first-order valence-electron chi connectivity index (χ1n) is 10.2. The number of hydroxylamine groups is 1. The van der Waals surface area contributed by atoms with Crippen LogP contribution in [0.5, 0.6) is 5.75 Å². The number of benzene rings is 2. The van der Waals surface area contributed by atoms with E-state index in [9.17, 15) is 4.79 Å². The number of fused-ring (bicyclic) bond motifs is 1. The molecule has 0 aliphatic carbocycles. The first kappa shape index (κ1) is 23.2. The fraction of sp³-hybridized carbons (Fsp3) is 0.292. The number of hydrogen-bond acceptors (Lipinski definition) is 4. The monoisotopic (exact) mass is 409 g/mol. The Hall–Kier alpha value is -3.09. The van der Waals surface area contributed by atoms with E-state index in [-0.39, 0.29) is 0 Å². The van der Waals surface area contributed by atoms with Crippen LogP contribution >= 0.6 is 0 Å². The van der Waals surface area contributed by atoms with Crippen LogP contribution in [-0.4, -0.2) is 29.8 Å². The summed E-state index contributed by atoms with van der Waals surface area (Å²) in [6.45, 7) is 5.88. The lowest BCUT2D eigenvalue weighted by Crippen LogP contribution is -2.16. The van der Waals surface area contributed by atoms with Gasteiger partial charge in [0.15, 0.2) is 0 Å². The molecule has 0 aliphatic rings. The van der Waals surface area contributed by atoms with Gasteiger partial charge in [-0.3, -0.25) is 10.0 Å². The number of carbonyl (C=O) groups is 1. The highest BCUT2D eigenvalue weighted by atomic mass is 16.5. The van der Waals surface area contributed by atoms with Crippen LogP contribution in [0.1, 0.15) is 37.0 Å². The molecule has 30 heavy (non-hydrogen) atoms. The standard InChI is InChI=1S/C21H23N3O3.C3H8/c1-27-18-7-8-20-19(12-18)17(14-23-20)10-11-22-13-16-4-2-15(3-5-16)6-9-21(25)24-26;1-3-2/h2-9,12,14,22-23,26H,10-11,13H2,1H3,(H,24,25);3H2,1-2H3/b9-6+;. The van der Waals surface area contributed by atoms with E-state index >= 15 is 0 Å². The highest BCUT2D eigenvalue weighted by Crippen LogP contribution is 2.23. The van der Waals surface area contributed by atoms with Crippen LogP contribution in [0, 0.1) is 0 Å². The van der Waals surface area contributed by atoms with Gasteiger partial charge < -0.3 is 15.0 Å². The molecule has 0 aliphatic heterocycles. The molecule has 6 heteroatoms. The van der Waals surface area contributed by atoms with Gasteiger partial charge in [0, 0.05) is 29.7 Å². The molecule has 1 aromatic heterocycles. The molecule has 0 radical (unpaired) electrons. The summed E-state index contributed by atoms with van der Waals surface area (Å²) in [5.41, 5.74) is 6.01. The van der Waals surface area contributed by atoms with Crippen LogP contribution in [0.2, 0.25) is 0 Å². The van der Waals surface area contributed by atoms with Crippen molar-refractivity contribution >= 4 is 22.9 Å². The summed E-state index contributed by atoms with van der Waals surface area (Å²) in [5, 5.41) is 13.1. The quantitative estimate of drug-likeness (QED) is 0.192. The molecular weight excluding hydrogens is 378 g/mol. The summed E-state index contributed by atoms with van der Waals surface area (Å²) >= 11 is 0. The van der Waals surface area contributed by atoms with E-state index in [1.807, 2.05) is 36.4 Å². The third kappa shape index (κ3) is 7.06. The van der Waals surface area contributed by atoms with Gasteiger partial charge in [0.1, 0.15) is 5.75 Å². The number of H-pyrrole nitrogens is 1. The number of nitrogens with one attached hydrogen (secondary N) is 3. The molecule has 1 amide bonds. The molecule has 0 unspecified atom stereocenters. The van der Waals surface area contributed by atoms with Crippen LogP contribution in [0.4, 0.5) is 0 Å². The number of aromatic amines is 1. The zero-order valence-electron chi connectivity index (χ0n) is 17.9. The van der Waals surface area contributed by atoms with E-state index in [0.29, 0.717) is 0 Å². The van der Waals surface area contributed by atoms with E-state index in [1.54, 1.807) is 18.7 Å².